The van der Waals surface area contributed by atoms with Crippen LogP contribution in [-0.4, -0.2) is 83.8 Å². The zero-order valence-corrected chi connectivity index (χ0v) is 51.1. The molecule has 1 atom stereocenters. The Hall–Kier alpha value is -8.36. The molecule has 0 aromatic heterocycles. The van der Waals surface area contributed by atoms with E-state index >= 15 is 4.79 Å². The lowest BCUT2D eigenvalue weighted by Gasteiger charge is -2.32. The summed E-state index contributed by atoms with van der Waals surface area (Å²) in [7, 11) is -6.88. The van der Waals surface area contributed by atoms with E-state index in [9.17, 15) is 36.3 Å². The van der Waals surface area contributed by atoms with Crippen LogP contribution < -0.4 is 34.1 Å². The summed E-state index contributed by atoms with van der Waals surface area (Å²) in [6, 6.07) is 34.5. The molecule has 20 heteroatoms. The number of phenolic OH excluding ortho intramolecular Hbond substituents is 1. The lowest BCUT2D eigenvalue weighted by atomic mass is 9.91. The van der Waals surface area contributed by atoms with Crippen molar-refractivity contribution in [3.8, 4) is 23.0 Å². The lowest BCUT2D eigenvalue weighted by Crippen LogP contribution is -2.50. The van der Waals surface area contributed by atoms with Gasteiger partial charge in [-0.15, -0.1) is 0 Å². The Labute approximate surface area is 498 Å². The number of rotatable bonds is 25. The fraction of sp³-hybridized carbons (Fsp3) is 0.354. The molecule has 1 unspecified atom stereocenters. The number of ether oxygens (including phenoxy) is 3. The second-order valence-corrected chi connectivity index (χ2v) is 26.4. The number of nitrogens with zero attached hydrogens (tertiary/aromatic N) is 3. The molecule has 4 N–H and O–H groups in total. The van der Waals surface area contributed by atoms with Crippen molar-refractivity contribution < 1.29 is 55.3 Å². The number of hydrazine groups is 1. The number of aryl methyl sites for hydroxylation is 1. The number of sulfonamides is 2. The van der Waals surface area contributed by atoms with Gasteiger partial charge < -0.3 is 24.6 Å². The number of imide groups is 1. The molecule has 8 rings (SSSR count). The summed E-state index contributed by atoms with van der Waals surface area (Å²) in [4.78, 5) is 58.7. The first-order valence-electron chi connectivity index (χ1n) is 28.6. The van der Waals surface area contributed by atoms with E-state index in [1.807, 2.05) is 13.0 Å². The highest BCUT2D eigenvalue weighted by Gasteiger charge is 2.53. The summed E-state index contributed by atoms with van der Waals surface area (Å²) < 4.78 is 77.5. The predicted octanol–water partition coefficient (Wildman–Crippen LogP) is 13.9. The van der Waals surface area contributed by atoms with Gasteiger partial charge in [-0.1, -0.05) is 138 Å². The molecule has 1 saturated heterocycles. The molecule has 0 bridgehead atoms. The summed E-state index contributed by atoms with van der Waals surface area (Å²) in [6.07, 6.45) is 12.7. The minimum absolute atomic E-state index is 0.0521. The average molecular weight is 1200 g/mol. The number of fused-ring (bicyclic) bond motifs is 2. The molecule has 450 valence electrons. The number of aromatic hydroxyl groups is 1. The van der Waals surface area contributed by atoms with Gasteiger partial charge >= 0.3 is 12.0 Å². The number of hydrogen-bond acceptors (Lipinski definition) is 13. The molecular weight excluding hydrogens is 1120 g/mol. The van der Waals surface area contributed by atoms with Crippen LogP contribution in [0.1, 0.15) is 115 Å². The van der Waals surface area contributed by atoms with Gasteiger partial charge in [0, 0.05) is 28.6 Å². The maximum absolute atomic E-state index is 15.4. The van der Waals surface area contributed by atoms with Gasteiger partial charge in [0.05, 0.1) is 63.7 Å². The zero-order valence-electron chi connectivity index (χ0n) is 49.5. The molecular formula is C65H76N6O12S2. The third-order valence-corrected chi connectivity index (χ3v) is 16.8. The van der Waals surface area contributed by atoms with E-state index < -0.39 is 54.7 Å². The molecule has 0 spiro atoms. The SMILES string of the molecule is CCCCCCCCCCCCOc1ccc(C)cc1NC(=O)c1cc(Oc2ccc(NS(=O)(=O)c3ccc(NS(C)(=O)=O)c4ccccc34)cc2N(C)C(=O)N2C(=O)C(C)(COC(=O)C(C)(C)C)CN2c2ccccc2)c2ccccc2c1O. The highest BCUT2D eigenvalue weighted by molar-refractivity contribution is 7.93. The van der Waals surface area contributed by atoms with Crippen LogP contribution in [-0.2, 0) is 34.4 Å². The molecule has 7 aromatic rings. The monoisotopic (exact) mass is 1200 g/mol. The lowest BCUT2D eigenvalue weighted by molar-refractivity contribution is -0.157. The normalized spacial score (nSPS) is 14.6. The molecule has 85 heavy (non-hydrogen) atoms. The molecule has 1 aliphatic rings. The number of carbonyl (C=O) groups is 4. The number of carbonyl (C=O) groups excluding carboxylic acids is 4. The fourth-order valence-electron chi connectivity index (χ4n) is 10.1. The molecule has 0 radical (unpaired) electrons. The van der Waals surface area contributed by atoms with Gasteiger partial charge in [0.1, 0.15) is 29.3 Å². The van der Waals surface area contributed by atoms with E-state index in [-0.39, 0.29) is 68.7 Å². The largest absolute Gasteiger partial charge is 0.506 e. The standard InChI is InChI=1S/C65H76N6O12S2/c1-9-10-11-12-13-14-15-16-17-25-38-81-55-35-32-44(2)39-53(55)66-60(73)51-41-57(48-29-22-24-31-50(48)59(51)72)83-56-36-33-45(67-85(79,80)58-37-34-52(68-84(8,77)78)47-28-21-23-30-49(47)58)40-54(56)69(7)63(76)71-61(74)65(6,43-82-62(75)64(3,4)5)42-70(71)46-26-19-18-20-27-46/h18-24,26-37,39-41,67-68,72H,9-17,25,38,42-43H2,1-8H3,(H,66,73). The first kappa shape index (κ1) is 62.7. The number of phenols is 1. The van der Waals surface area contributed by atoms with Crippen LogP contribution in [0.25, 0.3) is 21.5 Å². The van der Waals surface area contributed by atoms with Crippen LogP contribution in [0.15, 0.2) is 138 Å². The Kier molecular flexibility index (Phi) is 19.7. The van der Waals surface area contributed by atoms with E-state index in [0.717, 1.165) is 41.0 Å². The Bertz CT molecular complexity index is 3830. The third kappa shape index (κ3) is 15.1. The second-order valence-electron chi connectivity index (χ2n) is 23.0. The second kappa shape index (κ2) is 26.7. The molecule has 0 saturated carbocycles. The average Bonchev–Trinajstić information content (AvgIpc) is 3.65. The number of benzene rings is 7. The van der Waals surface area contributed by atoms with Crippen molar-refractivity contribution in [3.63, 3.8) is 0 Å². The van der Waals surface area contributed by atoms with Gasteiger partial charge in [-0.3, -0.25) is 33.7 Å². The zero-order chi connectivity index (χ0) is 61.3. The predicted molar refractivity (Wildman–Crippen MR) is 335 cm³/mol. The highest BCUT2D eigenvalue weighted by Crippen LogP contribution is 2.44. The van der Waals surface area contributed by atoms with Gasteiger partial charge in [0.2, 0.25) is 10.0 Å². The topological polar surface area (TPSA) is 230 Å². The van der Waals surface area contributed by atoms with Gasteiger partial charge in [-0.25, -0.2) is 21.6 Å². The fourth-order valence-corrected chi connectivity index (χ4v) is 11.9. The Morgan fingerprint density at radius 1 is 0.694 bits per heavy atom. The molecule has 0 aliphatic carbocycles. The molecule has 18 nitrogen and oxygen atoms in total. The van der Waals surface area contributed by atoms with Crippen LogP contribution in [0, 0.1) is 17.8 Å². The van der Waals surface area contributed by atoms with E-state index in [2.05, 4.69) is 21.7 Å². The van der Waals surface area contributed by atoms with Crippen LogP contribution in [0.3, 0.4) is 0 Å². The summed E-state index contributed by atoms with van der Waals surface area (Å²) >= 11 is 0. The quantitative estimate of drug-likeness (QED) is 0.0309. The number of para-hydroxylation sites is 1. The van der Waals surface area contributed by atoms with Gasteiger partial charge in [-0.05, 0) is 107 Å². The van der Waals surface area contributed by atoms with E-state index in [4.69, 9.17) is 14.2 Å². The molecule has 7 aromatic carbocycles. The van der Waals surface area contributed by atoms with E-state index in [1.54, 1.807) is 119 Å². The maximum Gasteiger partial charge on any atom is 0.350 e. The summed E-state index contributed by atoms with van der Waals surface area (Å²) in [5, 5.41) is 18.4. The number of nitrogens with one attached hydrogen (secondary N) is 3. The van der Waals surface area contributed by atoms with Crippen LogP contribution >= 0.6 is 0 Å². The third-order valence-electron chi connectivity index (χ3n) is 14.7. The molecule has 4 amide bonds. The first-order valence-corrected chi connectivity index (χ1v) is 32.0. The minimum Gasteiger partial charge on any atom is -0.506 e. The van der Waals surface area contributed by atoms with Crippen molar-refractivity contribution in [1.82, 2.24) is 5.01 Å². The summed E-state index contributed by atoms with van der Waals surface area (Å²) in [6.45, 7) is 10.8. The van der Waals surface area contributed by atoms with Crippen molar-refractivity contribution >= 4 is 93.8 Å². The number of hydrogen-bond donors (Lipinski definition) is 4. The number of amides is 4. The number of esters is 1. The number of urea groups is 1. The first-order chi connectivity index (χ1) is 40.4. The molecule has 1 fully saturated rings. The Balaban J connectivity index is 1.15. The van der Waals surface area contributed by atoms with Crippen LogP contribution in [0.5, 0.6) is 23.0 Å². The van der Waals surface area contributed by atoms with E-state index in [0.29, 0.717) is 34.5 Å². The smallest absolute Gasteiger partial charge is 0.350 e. The van der Waals surface area contributed by atoms with Crippen LogP contribution in [0.4, 0.5) is 33.2 Å². The number of anilines is 5. The Morgan fingerprint density at radius 2 is 1.31 bits per heavy atom. The summed E-state index contributed by atoms with van der Waals surface area (Å²) in [5.41, 5.74) is -0.730. The van der Waals surface area contributed by atoms with Crippen molar-refractivity contribution in [1.29, 1.82) is 0 Å². The van der Waals surface area contributed by atoms with Crippen molar-refractivity contribution in [2.75, 3.05) is 57.7 Å². The summed E-state index contributed by atoms with van der Waals surface area (Å²) in [5.74, 6) is -1.80. The van der Waals surface area contributed by atoms with Crippen molar-refractivity contribution in [2.24, 2.45) is 10.8 Å². The maximum atomic E-state index is 15.4. The number of unbranched alkanes of at least 4 members (excludes halogenated alkanes) is 9. The minimum atomic E-state index is -4.51. The Morgan fingerprint density at radius 3 is 1.96 bits per heavy atom. The van der Waals surface area contributed by atoms with E-state index in [1.165, 1.54) is 93.4 Å². The van der Waals surface area contributed by atoms with Crippen LogP contribution in [0.2, 0.25) is 0 Å². The molecule has 1 aliphatic heterocycles. The van der Waals surface area contributed by atoms with Gasteiger partial charge in [-0.2, -0.15) is 5.01 Å². The molecule has 1 heterocycles. The highest BCUT2D eigenvalue weighted by atomic mass is 32.2. The van der Waals surface area contributed by atoms with Gasteiger partial charge in [0.25, 0.3) is 21.8 Å². The van der Waals surface area contributed by atoms with Gasteiger partial charge in [0.15, 0.2) is 5.75 Å². The van der Waals surface area contributed by atoms with Crippen molar-refractivity contribution in [2.45, 2.75) is 111 Å². The van der Waals surface area contributed by atoms with Crippen molar-refractivity contribution in [3.05, 3.63) is 145 Å².